The van der Waals surface area contributed by atoms with Gasteiger partial charge in [-0.2, -0.15) is 0 Å². The Morgan fingerprint density at radius 3 is 2.55 bits per heavy atom. The summed E-state index contributed by atoms with van der Waals surface area (Å²) in [5.74, 6) is -1.34. The van der Waals surface area contributed by atoms with E-state index in [-0.39, 0.29) is 16.3 Å². The number of carboxylic acid groups (broad SMARTS) is 1. The second-order valence-electron chi connectivity index (χ2n) is 3.66. The predicted molar refractivity (Wildman–Crippen MR) is 70.4 cm³/mol. The molecule has 0 bridgehead atoms. The first-order valence-electron chi connectivity index (χ1n) is 5.22. The third kappa shape index (κ3) is 2.81. The predicted octanol–water partition coefficient (Wildman–Crippen LogP) is 2.48. The van der Waals surface area contributed by atoms with E-state index in [0.29, 0.717) is 5.69 Å². The van der Waals surface area contributed by atoms with Crippen LogP contribution in [0.5, 0.6) is 0 Å². The van der Waals surface area contributed by atoms with Crippen LogP contribution in [0.4, 0.5) is 17.1 Å². The molecule has 0 atom stereocenters. The lowest BCUT2D eigenvalue weighted by atomic mass is 10.1. The number of anilines is 2. The Bertz CT molecular complexity index is 678. The monoisotopic (exact) mass is 294 g/mol. The zero-order chi connectivity index (χ0) is 14.7. The van der Waals surface area contributed by atoms with Gasteiger partial charge in [0.2, 0.25) is 0 Å². The number of aromatic nitrogens is 2. The number of hydrogen-bond acceptors (Lipinski definition) is 6. The van der Waals surface area contributed by atoms with E-state index in [0.717, 1.165) is 12.1 Å². The molecule has 0 aliphatic rings. The van der Waals surface area contributed by atoms with Gasteiger partial charge in [-0.25, -0.2) is 14.8 Å². The first-order valence-corrected chi connectivity index (χ1v) is 5.60. The molecule has 0 aliphatic heterocycles. The Hall–Kier alpha value is -2.74. The standard InChI is InChI=1S/C11H7ClN4O4/c12-9-2-7(16(19)20)1-8(11(17)18)10(9)15-6-3-13-5-14-4-6/h1-5,15H,(H,17,18). The fraction of sp³-hybridized carbons (Fsp3) is 0. The zero-order valence-corrected chi connectivity index (χ0v) is 10.5. The van der Waals surface area contributed by atoms with Crippen molar-refractivity contribution in [1.29, 1.82) is 0 Å². The first kappa shape index (κ1) is 13.7. The Morgan fingerprint density at radius 1 is 1.35 bits per heavy atom. The summed E-state index contributed by atoms with van der Waals surface area (Å²) in [7, 11) is 0. The van der Waals surface area contributed by atoms with E-state index in [9.17, 15) is 14.9 Å². The van der Waals surface area contributed by atoms with E-state index in [4.69, 9.17) is 16.7 Å². The SMILES string of the molecule is O=C(O)c1cc([N+](=O)[O-])cc(Cl)c1Nc1cncnc1. The molecule has 0 spiro atoms. The van der Waals surface area contributed by atoms with E-state index < -0.39 is 16.6 Å². The largest absolute Gasteiger partial charge is 0.478 e. The summed E-state index contributed by atoms with van der Waals surface area (Å²) < 4.78 is 0. The third-order valence-corrected chi connectivity index (χ3v) is 2.64. The van der Waals surface area contributed by atoms with Gasteiger partial charge in [0.15, 0.2) is 0 Å². The Kier molecular flexibility index (Phi) is 3.76. The van der Waals surface area contributed by atoms with Crippen LogP contribution in [0.3, 0.4) is 0 Å². The van der Waals surface area contributed by atoms with Crippen LogP contribution in [0, 0.1) is 10.1 Å². The molecular formula is C11H7ClN4O4. The quantitative estimate of drug-likeness (QED) is 0.656. The van der Waals surface area contributed by atoms with Gasteiger partial charge in [0, 0.05) is 12.1 Å². The summed E-state index contributed by atoms with van der Waals surface area (Å²) >= 11 is 5.90. The van der Waals surface area contributed by atoms with Crippen molar-refractivity contribution >= 4 is 34.6 Å². The molecule has 0 aliphatic carbocycles. The molecule has 2 N–H and O–H groups in total. The minimum absolute atomic E-state index is 0.0413. The van der Waals surface area contributed by atoms with Gasteiger partial charge >= 0.3 is 5.97 Å². The summed E-state index contributed by atoms with van der Waals surface area (Å²) in [5, 5.41) is 22.5. The number of nitrogens with one attached hydrogen (secondary N) is 1. The second-order valence-corrected chi connectivity index (χ2v) is 4.07. The molecule has 1 aromatic carbocycles. The van der Waals surface area contributed by atoms with Crippen molar-refractivity contribution in [1.82, 2.24) is 9.97 Å². The van der Waals surface area contributed by atoms with Gasteiger partial charge < -0.3 is 10.4 Å². The van der Waals surface area contributed by atoms with Gasteiger partial charge in [0.25, 0.3) is 5.69 Å². The first-order chi connectivity index (χ1) is 9.49. The smallest absolute Gasteiger partial charge is 0.338 e. The number of non-ortho nitro benzene ring substituents is 1. The number of carbonyl (C=O) groups is 1. The Labute approximate surface area is 117 Å². The van der Waals surface area contributed by atoms with Crippen molar-refractivity contribution in [2.45, 2.75) is 0 Å². The van der Waals surface area contributed by atoms with Crippen molar-refractivity contribution < 1.29 is 14.8 Å². The fourth-order valence-electron chi connectivity index (χ4n) is 1.50. The Morgan fingerprint density at radius 2 is 2.00 bits per heavy atom. The molecule has 0 radical (unpaired) electrons. The summed E-state index contributed by atoms with van der Waals surface area (Å²) in [6.45, 7) is 0. The van der Waals surface area contributed by atoms with Crippen LogP contribution in [-0.4, -0.2) is 26.0 Å². The summed E-state index contributed by atoms with van der Waals surface area (Å²) in [6, 6.07) is 2.00. The molecule has 2 rings (SSSR count). The minimum Gasteiger partial charge on any atom is -0.478 e. The fourth-order valence-corrected chi connectivity index (χ4v) is 1.76. The molecule has 0 fully saturated rings. The molecule has 0 unspecified atom stereocenters. The van der Waals surface area contributed by atoms with Gasteiger partial charge in [0.1, 0.15) is 6.33 Å². The summed E-state index contributed by atoms with van der Waals surface area (Å²) in [6.07, 6.45) is 4.13. The average Bonchev–Trinajstić information content (AvgIpc) is 2.41. The number of hydrogen-bond donors (Lipinski definition) is 2. The van der Waals surface area contributed by atoms with Gasteiger partial charge in [0.05, 0.1) is 39.3 Å². The number of benzene rings is 1. The highest BCUT2D eigenvalue weighted by molar-refractivity contribution is 6.34. The van der Waals surface area contributed by atoms with Crippen molar-refractivity contribution in [3.05, 3.63) is 51.6 Å². The Balaban J connectivity index is 2.51. The van der Waals surface area contributed by atoms with Crippen LogP contribution in [0.25, 0.3) is 0 Å². The molecular weight excluding hydrogens is 288 g/mol. The molecule has 8 nitrogen and oxygen atoms in total. The van der Waals surface area contributed by atoms with Crippen molar-refractivity contribution in [2.24, 2.45) is 0 Å². The van der Waals surface area contributed by atoms with E-state index in [1.807, 2.05) is 0 Å². The van der Waals surface area contributed by atoms with Crippen LogP contribution in [-0.2, 0) is 0 Å². The molecule has 0 saturated carbocycles. The van der Waals surface area contributed by atoms with Crippen LogP contribution in [0.2, 0.25) is 5.02 Å². The molecule has 20 heavy (non-hydrogen) atoms. The molecule has 0 saturated heterocycles. The minimum atomic E-state index is -1.34. The number of nitrogens with zero attached hydrogens (tertiary/aromatic N) is 3. The molecule has 1 heterocycles. The van der Waals surface area contributed by atoms with Gasteiger partial charge in [-0.15, -0.1) is 0 Å². The molecule has 1 aromatic heterocycles. The van der Waals surface area contributed by atoms with E-state index in [1.165, 1.54) is 18.7 Å². The van der Waals surface area contributed by atoms with Crippen molar-refractivity contribution in [3.63, 3.8) is 0 Å². The third-order valence-electron chi connectivity index (χ3n) is 2.35. The number of halogens is 1. The number of rotatable bonds is 4. The van der Waals surface area contributed by atoms with Gasteiger partial charge in [-0.1, -0.05) is 11.6 Å². The normalized spacial score (nSPS) is 10.1. The highest BCUT2D eigenvalue weighted by Crippen LogP contribution is 2.33. The lowest BCUT2D eigenvalue weighted by Crippen LogP contribution is -2.05. The number of aromatic carboxylic acids is 1. The summed E-state index contributed by atoms with van der Waals surface area (Å²) in [4.78, 5) is 28.7. The lowest BCUT2D eigenvalue weighted by Gasteiger charge is -2.10. The molecule has 2 aromatic rings. The van der Waals surface area contributed by atoms with E-state index >= 15 is 0 Å². The average molecular weight is 295 g/mol. The number of nitro groups is 1. The van der Waals surface area contributed by atoms with Crippen LogP contribution >= 0.6 is 11.6 Å². The number of carboxylic acids is 1. The molecule has 0 amide bonds. The highest BCUT2D eigenvalue weighted by atomic mass is 35.5. The zero-order valence-electron chi connectivity index (χ0n) is 9.78. The van der Waals surface area contributed by atoms with Gasteiger partial charge in [-0.3, -0.25) is 10.1 Å². The van der Waals surface area contributed by atoms with E-state index in [2.05, 4.69) is 15.3 Å². The van der Waals surface area contributed by atoms with Crippen LogP contribution in [0.15, 0.2) is 30.9 Å². The molecule has 9 heteroatoms. The van der Waals surface area contributed by atoms with Crippen molar-refractivity contribution in [3.8, 4) is 0 Å². The second kappa shape index (κ2) is 5.49. The summed E-state index contributed by atoms with van der Waals surface area (Å²) in [5.41, 5.74) is -0.263. The maximum absolute atomic E-state index is 11.2. The number of nitro benzene ring substituents is 1. The highest BCUT2D eigenvalue weighted by Gasteiger charge is 2.20. The van der Waals surface area contributed by atoms with Crippen LogP contribution in [0.1, 0.15) is 10.4 Å². The van der Waals surface area contributed by atoms with Crippen molar-refractivity contribution in [2.75, 3.05) is 5.32 Å². The maximum Gasteiger partial charge on any atom is 0.338 e. The van der Waals surface area contributed by atoms with Gasteiger partial charge in [-0.05, 0) is 0 Å². The topological polar surface area (TPSA) is 118 Å². The van der Waals surface area contributed by atoms with E-state index in [1.54, 1.807) is 0 Å². The lowest BCUT2D eigenvalue weighted by molar-refractivity contribution is -0.384. The van der Waals surface area contributed by atoms with Crippen LogP contribution < -0.4 is 5.32 Å². The molecule has 102 valence electrons. The maximum atomic E-state index is 11.2.